The van der Waals surface area contributed by atoms with Crippen LogP contribution in [-0.4, -0.2) is 42.5 Å². The van der Waals surface area contributed by atoms with Crippen molar-refractivity contribution in [1.29, 1.82) is 0 Å². The summed E-state index contributed by atoms with van der Waals surface area (Å²) in [6, 6.07) is 10.8. The molecular weight excluding hydrogens is 328 g/mol. The van der Waals surface area contributed by atoms with Crippen molar-refractivity contribution in [3.8, 4) is 0 Å². The van der Waals surface area contributed by atoms with E-state index < -0.39 is 0 Å². The molecule has 1 aromatic heterocycles. The van der Waals surface area contributed by atoms with Gasteiger partial charge in [0.1, 0.15) is 0 Å². The van der Waals surface area contributed by atoms with Crippen molar-refractivity contribution in [2.75, 3.05) is 26.7 Å². The molecule has 0 amide bonds. The predicted molar refractivity (Wildman–Crippen MR) is 107 cm³/mol. The topological polar surface area (TPSA) is 40.5 Å². The van der Waals surface area contributed by atoms with E-state index in [-0.39, 0.29) is 0 Å². The average molecular weight is 357 g/mol. The molecule has 1 N–H and O–H groups in total. The van der Waals surface area contributed by atoms with Gasteiger partial charge in [-0.1, -0.05) is 37.3 Å². The van der Waals surface area contributed by atoms with Crippen LogP contribution in [0.1, 0.15) is 40.4 Å². The van der Waals surface area contributed by atoms with Crippen molar-refractivity contribution < 1.29 is 0 Å². The summed E-state index contributed by atoms with van der Waals surface area (Å²) in [5.74, 6) is 1.62. The third-order valence-electron chi connectivity index (χ3n) is 4.86. The first kappa shape index (κ1) is 17.9. The van der Waals surface area contributed by atoms with Gasteiger partial charge in [0.05, 0.1) is 10.7 Å². The number of hydrogen-bond acceptors (Lipinski definition) is 3. The third kappa shape index (κ3) is 4.40. The molecule has 134 valence electrons. The second kappa shape index (κ2) is 8.48. The van der Waals surface area contributed by atoms with Crippen LogP contribution in [0.4, 0.5) is 0 Å². The summed E-state index contributed by atoms with van der Waals surface area (Å²) in [5.41, 5.74) is 2.68. The maximum absolute atomic E-state index is 4.73. The number of aliphatic imine (C=N–C) groups is 1. The van der Waals surface area contributed by atoms with Gasteiger partial charge in [0, 0.05) is 43.9 Å². The van der Waals surface area contributed by atoms with E-state index in [4.69, 9.17) is 4.98 Å². The minimum absolute atomic E-state index is 0.605. The zero-order valence-electron chi connectivity index (χ0n) is 15.5. The number of likely N-dealkylation sites (tertiary alicyclic amines) is 1. The summed E-state index contributed by atoms with van der Waals surface area (Å²) in [7, 11) is 1.88. The lowest BCUT2D eigenvalue weighted by molar-refractivity contribution is 0.486. The first-order chi connectivity index (χ1) is 12.2. The molecule has 0 radical (unpaired) electrons. The quantitative estimate of drug-likeness (QED) is 0.657. The Labute approximate surface area is 155 Å². The highest BCUT2D eigenvalue weighted by molar-refractivity contribution is 7.11. The van der Waals surface area contributed by atoms with E-state index in [1.807, 2.05) is 18.4 Å². The van der Waals surface area contributed by atoms with Crippen LogP contribution in [0.25, 0.3) is 0 Å². The van der Waals surface area contributed by atoms with Crippen LogP contribution < -0.4 is 5.32 Å². The standard InChI is InChI=1S/C20H28N4S/c1-4-18-15(2)25-19(23-18)10-12-22-20(21-3)24-13-11-17(14-24)16-8-6-5-7-9-16/h5-9,17H,4,10-14H2,1-3H3,(H,21,22). The first-order valence-corrected chi connectivity index (χ1v) is 9.98. The summed E-state index contributed by atoms with van der Waals surface area (Å²) >= 11 is 1.82. The van der Waals surface area contributed by atoms with E-state index in [1.54, 1.807) is 0 Å². The van der Waals surface area contributed by atoms with Crippen molar-refractivity contribution >= 4 is 17.3 Å². The van der Waals surface area contributed by atoms with Crippen LogP contribution in [0.2, 0.25) is 0 Å². The lowest BCUT2D eigenvalue weighted by Gasteiger charge is -2.21. The molecular formula is C20H28N4S. The zero-order chi connectivity index (χ0) is 17.6. The van der Waals surface area contributed by atoms with Gasteiger partial charge in [-0.2, -0.15) is 0 Å². The molecule has 2 aromatic rings. The third-order valence-corrected chi connectivity index (χ3v) is 5.94. The number of nitrogens with one attached hydrogen (secondary N) is 1. The van der Waals surface area contributed by atoms with E-state index in [0.717, 1.165) is 38.4 Å². The number of aromatic nitrogens is 1. The monoisotopic (exact) mass is 356 g/mol. The fraction of sp³-hybridized carbons (Fsp3) is 0.500. The summed E-state index contributed by atoms with van der Waals surface area (Å²) in [6.07, 6.45) is 3.17. The predicted octanol–water partition coefficient (Wildman–Crippen LogP) is 3.62. The molecule has 5 heteroatoms. The second-order valence-electron chi connectivity index (χ2n) is 6.53. The molecule has 1 aromatic carbocycles. The average Bonchev–Trinajstić information content (AvgIpc) is 3.26. The smallest absolute Gasteiger partial charge is 0.193 e. The maximum atomic E-state index is 4.73. The van der Waals surface area contributed by atoms with Crippen LogP contribution in [0.15, 0.2) is 35.3 Å². The number of thiazole rings is 1. The lowest BCUT2D eigenvalue weighted by Crippen LogP contribution is -2.40. The Morgan fingerprint density at radius 3 is 2.84 bits per heavy atom. The summed E-state index contributed by atoms with van der Waals surface area (Å²) < 4.78 is 0. The van der Waals surface area contributed by atoms with Crippen molar-refractivity contribution in [3.63, 3.8) is 0 Å². The van der Waals surface area contributed by atoms with Gasteiger partial charge in [-0.15, -0.1) is 11.3 Å². The number of nitrogens with zero attached hydrogens (tertiary/aromatic N) is 3. The molecule has 1 aliphatic heterocycles. The lowest BCUT2D eigenvalue weighted by atomic mass is 9.99. The van der Waals surface area contributed by atoms with Gasteiger partial charge < -0.3 is 10.2 Å². The molecule has 3 rings (SSSR count). The zero-order valence-corrected chi connectivity index (χ0v) is 16.3. The first-order valence-electron chi connectivity index (χ1n) is 9.17. The molecule has 1 unspecified atom stereocenters. The Hall–Kier alpha value is -1.88. The molecule has 0 aliphatic carbocycles. The normalized spacial score (nSPS) is 18.0. The fourth-order valence-corrected chi connectivity index (χ4v) is 4.51. The molecule has 4 nitrogen and oxygen atoms in total. The van der Waals surface area contributed by atoms with Gasteiger partial charge in [-0.25, -0.2) is 4.98 Å². The Balaban J connectivity index is 1.51. The van der Waals surface area contributed by atoms with Gasteiger partial charge in [0.2, 0.25) is 0 Å². The summed E-state index contributed by atoms with van der Waals surface area (Å²) in [5, 5.41) is 4.74. The Kier molecular flexibility index (Phi) is 6.08. The summed E-state index contributed by atoms with van der Waals surface area (Å²) in [6.45, 7) is 7.33. The minimum Gasteiger partial charge on any atom is -0.356 e. The highest BCUT2D eigenvalue weighted by atomic mass is 32.1. The van der Waals surface area contributed by atoms with Crippen LogP contribution in [0.5, 0.6) is 0 Å². The van der Waals surface area contributed by atoms with E-state index >= 15 is 0 Å². The van der Waals surface area contributed by atoms with Gasteiger partial charge in [-0.05, 0) is 25.3 Å². The minimum atomic E-state index is 0.605. The van der Waals surface area contributed by atoms with E-state index in [1.165, 1.54) is 27.6 Å². The molecule has 0 bridgehead atoms. The van der Waals surface area contributed by atoms with Crippen LogP contribution in [0, 0.1) is 6.92 Å². The summed E-state index contributed by atoms with van der Waals surface area (Å²) in [4.78, 5) is 12.9. The number of benzene rings is 1. The van der Waals surface area contributed by atoms with Crippen molar-refractivity contribution in [3.05, 3.63) is 51.5 Å². The Morgan fingerprint density at radius 1 is 1.36 bits per heavy atom. The highest BCUT2D eigenvalue weighted by Gasteiger charge is 2.25. The Morgan fingerprint density at radius 2 is 2.16 bits per heavy atom. The van der Waals surface area contributed by atoms with Crippen molar-refractivity contribution in [2.45, 2.75) is 39.0 Å². The second-order valence-corrected chi connectivity index (χ2v) is 7.82. The molecule has 25 heavy (non-hydrogen) atoms. The largest absolute Gasteiger partial charge is 0.356 e. The van der Waals surface area contributed by atoms with Gasteiger partial charge in [0.25, 0.3) is 0 Å². The van der Waals surface area contributed by atoms with Crippen LogP contribution in [0.3, 0.4) is 0 Å². The highest BCUT2D eigenvalue weighted by Crippen LogP contribution is 2.26. The number of rotatable bonds is 5. The SMILES string of the molecule is CCc1nc(CCNC(=NC)N2CCC(c3ccccc3)C2)sc1C. The van der Waals surface area contributed by atoms with E-state index in [2.05, 4.69) is 59.4 Å². The maximum Gasteiger partial charge on any atom is 0.193 e. The van der Waals surface area contributed by atoms with Gasteiger partial charge in [-0.3, -0.25) is 4.99 Å². The number of aryl methyl sites for hydroxylation is 2. The molecule has 1 aliphatic rings. The van der Waals surface area contributed by atoms with E-state index in [0.29, 0.717) is 5.92 Å². The van der Waals surface area contributed by atoms with Gasteiger partial charge in [0.15, 0.2) is 5.96 Å². The molecule has 1 fully saturated rings. The molecule has 2 heterocycles. The van der Waals surface area contributed by atoms with Crippen LogP contribution in [-0.2, 0) is 12.8 Å². The van der Waals surface area contributed by atoms with Crippen LogP contribution >= 0.6 is 11.3 Å². The number of hydrogen-bond donors (Lipinski definition) is 1. The molecule has 1 saturated heterocycles. The van der Waals surface area contributed by atoms with Crippen molar-refractivity contribution in [1.82, 2.24) is 15.2 Å². The Bertz CT molecular complexity index is 708. The molecule has 1 atom stereocenters. The van der Waals surface area contributed by atoms with Crippen molar-refractivity contribution in [2.24, 2.45) is 4.99 Å². The molecule has 0 saturated carbocycles. The van der Waals surface area contributed by atoms with Gasteiger partial charge >= 0.3 is 0 Å². The van der Waals surface area contributed by atoms with E-state index in [9.17, 15) is 0 Å². The fourth-order valence-electron chi connectivity index (χ4n) is 3.49. The number of guanidine groups is 1. The molecule has 0 spiro atoms.